The summed E-state index contributed by atoms with van der Waals surface area (Å²) in [5.41, 5.74) is 10.1. The molecule has 0 bridgehead atoms. The van der Waals surface area contributed by atoms with E-state index in [1.807, 2.05) is 13.0 Å². The SMILES string of the molecule is CC#CC1=CC2=C(CC1)N(CCOCCOC)C(=O)C(c1ccc(Cl)cc1)N(C(C)c1ccc(Cl)cc1N)C2=O. The van der Waals surface area contributed by atoms with E-state index in [2.05, 4.69) is 11.8 Å². The Morgan fingerprint density at radius 3 is 2.45 bits per heavy atom. The zero-order valence-electron chi connectivity index (χ0n) is 22.9. The van der Waals surface area contributed by atoms with Gasteiger partial charge in [-0.2, -0.15) is 0 Å². The highest BCUT2D eigenvalue weighted by molar-refractivity contribution is 6.31. The number of anilines is 1. The molecule has 1 heterocycles. The molecule has 0 saturated heterocycles. The van der Waals surface area contributed by atoms with E-state index in [0.717, 1.165) is 5.57 Å². The molecule has 40 heavy (non-hydrogen) atoms. The van der Waals surface area contributed by atoms with Gasteiger partial charge in [0.05, 0.1) is 31.4 Å². The predicted octanol–water partition coefficient (Wildman–Crippen LogP) is 5.71. The lowest BCUT2D eigenvalue weighted by atomic mass is 9.94. The Bertz CT molecular complexity index is 1390. The van der Waals surface area contributed by atoms with Crippen molar-refractivity contribution in [1.82, 2.24) is 9.80 Å². The van der Waals surface area contributed by atoms with Gasteiger partial charge < -0.3 is 25.0 Å². The number of halogens is 2. The summed E-state index contributed by atoms with van der Waals surface area (Å²) < 4.78 is 10.8. The molecule has 2 N–H and O–H groups in total. The van der Waals surface area contributed by atoms with Gasteiger partial charge in [0, 0.05) is 40.7 Å². The first kappa shape index (κ1) is 29.7. The maximum Gasteiger partial charge on any atom is 0.257 e. The number of nitrogens with zero attached hydrogens (tertiary/aromatic N) is 2. The molecule has 1 aliphatic heterocycles. The van der Waals surface area contributed by atoms with Gasteiger partial charge in [-0.05, 0) is 68.2 Å². The minimum Gasteiger partial charge on any atom is -0.398 e. The van der Waals surface area contributed by atoms with Crippen molar-refractivity contribution in [3.8, 4) is 11.8 Å². The molecule has 2 unspecified atom stereocenters. The number of nitrogen functional groups attached to an aromatic ring is 1. The van der Waals surface area contributed by atoms with Crippen molar-refractivity contribution in [3.63, 3.8) is 0 Å². The van der Waals surface area contributed by atoms with Crippen LogP contribution in [0.1, 0.15) is 49.9 Å². The van der Waals surface area contributed by atoms with Crippen LogP contribution in [0.2, 0.25) is 10.0 Å². The number of benzene rings is 2. The summed E-state index contributed by atoms with van der Waals surface area (Å²) in [6.07, 6.45) is 2.95. The van der Waals surface area contributed by atoms with Crippen LogP contribution in [0, 0.1) is 11.8 Å². The van der Waals surface area contributed by atoms with E-state index >= 15 is 0 Å². The molecule has 9 heteroatoms. The lowest BCUT2D eigenvalue weighted by molar-refractivity contribution is -0.143. The summed E-state index contributed by atoms with van der Waals surface area (Å²) in [6, 6.07) is 10.7. The Morgan fingerprint density at radius 1 is 1.05 bits per heavy atom. The van der Waals surface area contributed by atoms with Gasteiger partial charge in [0.2, 0.25) is 0 Å². The van der Waals surface area contributed by atoms with Crippen molar-refractivity contribution in [2.45, 2.75) is 38.8 Å². The summed E-state index contributed by atoms with van der Waals surface area (Å²) in [4.78, 5) is 32.4. The van der Waals surface area contributed by atoms with Gasteiger partial charge in [-0.15, -0.1) is 5.92 Å². The van der Waals surface area contributed by atoms with E-state index in [4.69, 9.17) is 38.4 Å². The largest absolute Gasteiger partial charge is 0.398 e. The third-order valence-corrected chi connectivity index (χ3v) is 7.60. The average Bonchev–Trinajstić information content (AvgIpc) is 3.02. The van der Waals surface area contributed by atoms with E-state index in [0.29, 0.717) is 70.8 Å². The normalized spacial score (nSPS) is 18.1. The fourth-order valence-electron chi connectivity index (χ4n) is 5.17. The van der Waals surface area contributed by atoms with Gasteiger partial charge >= 0.3 is 0 Å². The molecule has 0 radical (unpaired) electrons. The van der Waals surface area contributed by atoms with Crippen LogP contribution in [0.25, 0.3) is 0 Å². The molecule has 2 atom stereocenters. The predicted molar refractivity (Wildman–Crippen MR) is 158 cm³/mol. The number of carbonyl (C=O) groups excluding carboxylic acids is 2. The standard InChI is InChI=1S/C31H33Cl2N3O4/c1-4-5-21-6-13-28-26(18-21)30(37)36(20(2)25-12-11-24(33)19-27(25)34)29(22-7-9-23(32)10-8-22)31(38)35(28)14-15-40-17-16-39-3/h7-12,18-20,29H,6,13-17,34H2,1-3H3. The first-order chi connectivity index (χ1) is 19.3. The highest BCUT2D eigenvalue weighted by Gasteiger charge is 2.44. The Morgan fingerprint density at radius 2 is 1.77 bits per heavy atom. The molecule has 0 aromatic heterocycles. The molecule has 0 saturated carbocycles. The second kappa shape index (κ2) is 13.4. The minimum absolute atomic E-state index is 0.228. The second-order valence-electron chi connectivity index (χ2n) is 9.62. The van der Waals surface area contributed by atoms with E-state index in [9.17, 15) is 9.59 Å². The lowest BCUT2D eigenvalue weighted by Crippen LogP contribution is -2.44. The van der Waals surface area contributed by atoms with Crippen molar-refractivity contribution in [2.24, 2.45) is 0 Å². The average molecular weight is 583 g/mol. The Hall–Kier alpha value is -3.28. The van der Waals surface area contributed by atoms with Crippen LogP contribution < -0.4 is 5.73 Å². The van der Waals surface area contributed by atoms with Crippen LogP contribution in [-0.2, 0) is 19.1 Å². The molecule has 2 aromatic rings. The quantitative estimate of drug-likeness (QED) is 0.233. The van der Waals surface area contributed by atoms with Crippen LogP contribution in [0.4, 0.5) is 5.69 Å². The van der Waals surface area contributed by atoms with Gasteiger partial charge in [-0.1, -0.05) is 47.3 Å². The highest BCUT2D eigenvalue weighted by atomic mass is 35.5. The molecule has 4 rings (SSSR count). The van der Waals surface area contributed by atoms with Crippen LogP contribution in [0.5, 0.6) is 0 Å². The van der Waals surface area contributed by atoms with Crippen molar-refractivity contribution in [2.75, 3.05) is 39.2 Å². The first-order valence-corrected chi connectivity index (χ1v) is 13.9. The smallest absolute Gasteiger partial charge is 0.257 e. The number of hydrogen-bond donors (Lipinski definition) is 1. The summed E-state index contributed by atoms with van der Waals surface area (Å²) >= 11 is 12.4. The maximum absolute atomic E-state index is 14.5. The Kier molecular flexibility index (Phi) is 9.94. The lowest BCUT2D eigenvalue weighted by Gasteiger charge is -2.36. The molecule has 1 aliphatic carbocycles. The fraction of sp³-hybridized carbons (Fsp3) is 0.355. The molecular weight excluding hydrogens is 549 g/mol. The number of nitrogens with two attached hydrogens (primary N) is 1. The van der Waals surface area contributed by atoms with Crippen LogP contribution in [-0.4, -0.2) is 55.1 Å². The van der Waals surface area contributed by atoms with Gasteiger partial charge in [-0.3, -0.25) is 9.59 Å². The van der Waals surface area contributed by atoms with E-state index in [1.54, 1.807) is 66.3 Å². The molecule has 2 amide bonds. The molecular formula is C31H33Cl2N3O4. The molecule has 2 aromatic carbocycles. The van der Waals surface area contributed by atoms with Crippen molar-refractivity contribution >= 4 is 40.7 Å². The maximum atomic E-state index is 14.5. The zero-order chi connectivity index (χ0) is 28.8. The van der Waals surface area contributed by atoms with Gasteiger partial charge in [0.15, 0.2) is 0 Å². The molecule has 210 valence electrons. The first-order valence-electron chi connectivity index (χ1n) is 13.1. The topological polar surface area (TPSA) is 85.1 Å². The molecule has 0 spiro atoms. The summed E-state index contributed by atoms with van der Waals surface area (Å²) in [5, 5.41) is 1.02. The summed E-state index contributed by atoms with van der Waals surface area (Å²) in [5.74, 6) is 5.53. The Balaban J connectivity index is 1.87. The van der Waals surface area contributed by atoms with Gasteiger partial charge in [0.1, 0.15) is 6.04 Å². The van der Waals surface area contributed by atoms with Crippen molar-refractivity contribution in [3.05, 3.63) is 86.6 Å². The van der Waals surface area contributed by atoms with E-state index in [1.165, 1.54) is 0 Å². The fourth-order valence-corrected chi connectivity index (χ4v) is 5.47. The number of hydrogen-bond acceptors (Lipinski definition) is 5. The van der Waals surface area contributed by atoms with E-state index < -0.39 is 12.1 Å². The van der Waals surface area contributed by atoms with Crippen LogP contribution in [0.3, 0.4) is 0 Å². The van der Waals surface area contributed by atoms with Crippen molar-refractivity contribution < 1.29 is 19.1 Å². The zero-order valence-corrected chi connectivity index (χ0v) is 24.4. The van der Waals surface area contributed by atoms with Gasteiger partial charge in [-0.25, -0.2) is 0 Å². The minimum atomic E-state index is -0.937. The third-order valence-electron chi connectivity index (χ3n) is 7.11. The Labute approximate surface area is 245 Å². The van der Waals surface area contributed by atoms with E-state index in [-0.39, 0.29) is 18.4 Å². The number of ether oxygens (including phenoxy) is 2. The van der Waals surface area contributed by atoms with Gasteiger partial charge in [0.25, 0.3) is 11.8 Å². The van der Waals surface area contributed by atoms with Crippen LogP contribution >= 0.6 is 23.2 Å². The number of methoxy groups -OCH3 is 1. The second-order valence-corrected chi connectivity index (χ2v) is 10.5. The van der Waals surface area contributed by atoms with Crippen LogP contribution in [0.15, 0.2) is 65.4 Å². The molecule has 0 fully saturated rings. The summed E-state index contributed by atoms with van der Waals surface area (Å²) in [6.45, 7) is 5.06. The highest BCUT2D eigenvalue weighted by Crippen LogP contribution is 2.42. The number of allylic oxidation sites excluding steroid dienone is 2. The monoisotopic (exact) mass is 581 g/mol. The molecule has 7 nitrogen and oxygen atoms in total. The molecule has 2 aliphatic rings. The summed E-state index contributed by atoms with van der Waals surface area (Å²) in [7, 11) is 1.61. The number of carbonyl (C=O) groups is 2. The third kappa shape index (κ3) is 6.37. The van der Waals surface area contributed by atoms with Crippen molar-refractivity contribution in [1.29, 1.82) is 0 Å². The number of amides is 2. The number of rotatable bonds is 9.